The average molecular weight is 266 g/mol. The van der Waals surface area contributed by atoms with Crippen LogP contribution in [0.4, 0.5) is 0 Å². The molecule has 0 saturated carbocycles. The molecule has 6 nitrogen and oxygen atoms in total. The van der Waals surface area contributed by atoms with Gasteiger partial charge in [0.1, 0.15) is 0 Å². The van der Waals surface area contributed by atoms with E-state index in [0.29, 0.717) is 17.1 Å². The molecule has 1 aromatic rings. The van der Waals surface area contributed by atoms with Gasteiger partial charge in [0.15, 0.2) is 17.3 Å². The number of carboxylic acids is 1. The number of ketones is 1. The lowest BCUT2D eigenvalue weighted by molar-refractivity contribution is -0.138. The van der Waals surface area contributed by atoms with Gasteiger partial charge in [0.25, 0.3) is 0 Å². The number of aliphatic carboxylic acids is 1. The predicted octanol–water partition coefficient (Wildman–Crippen LogP) is 1.47. The van der Waals surface area contributed by atoms with Crippen LogP contribution in [-0.4, -0.2) is 38.2 Å². The summed E-state index contributed by atoms with van der Waals surface area (Å²) in [4.78, 5) is 23.2. The third-order valence-electron chi connectivity index (χ3n) is 3.20. The van der Waals surface area contributed by atoms with Gasteiger partial charge in [0.05, 0.1) is 32.8 Å². The number of hydrogen-bond acceptors (Lipinski definition) is 5. The van der Waals surface area contributed by atoms with E-state index >= 15 is 0 Å². The highest BCUT2D eigenvalue weighted by molar-refractivity contribution is 6.08. The Labute approximate surface area is 109 Å². The summed E-state index contributed by atoms with van der Waals surface area (Å²) in [5, 5.41) is 9.17. The minimum Gasteiger partial charge on any atom is -0.493 e. The Kier molecular flexibility index (Phi) is 3.33. The summed E-state index contributed by atoms with van der Waals surface area (Å²) < 4.78 is 15.5. The maximum atomic E-state index is 12.0. The molecule has 2 rings (SSSR count). The predicted molar refractivity (Wildman–Crippen MR) is 65.4 cm³/mol. The van der Waals surface area contributed by atoms with Crippen LogP contribution in [0.25, 0.3) is 0 Å². The molecule has 0 heterocycles. The van der Waals surface area contributed by atoms with Crippen molar-refractivity contribution in [3.63, 3.8) is 0 Å². The number of ether oxygens (including phenoxy) is 3. The topological polar surface area (TPSA) is 82.1 Å². The van der Waals surface area contributed by atoms with Crippen LogP contribution in [-0.2, 0) is 4.79 Å². The second-order valence-corrected chi connectivity index (χ2v) is 4.13. The maximum absolute atomic E-state index is 12.0. The third kappa shape index (κ3) is 1.89. The average Bonchev–Trinajstić information content (AvgIpc) is 2.73. The molecule has 1 aromatic carbocycles. The van der Waals surface area contributed by atoms with Crippen LogP contribution in [0.15, 0.2) is 6.07 Å². The summed E-state index contributed by atoms with van der Waals surface area (Å²) in [5.74, 6) is -1.30. The summed E-state index contributed by atoms with van der Waals surface area (Å²) in [6.45, 7) is 0. The molecule has 0 saturated heterocycles. The molecule has 19 heavy (non-hydrogen) atoms. The van der Waals surface area contributed by atoms with Crippen LogP contribution in [0.3, 0.4) is 0 Å². The van der Waals surface area contributed by atoms with Crippen molar-refractivity contribution in [3.05, 3.63) is 17.2 Å². The van der Waals surface area contributed by atoms with Crippen LogP contribution in [0, 0.1) is 0 Å². The molecule has 1 aliphatic carbocycles. The van der Waals surface area contributed by atoms with Crippen molar-refractivity contribution in [2.75, 3.05) is 21.3 Å². The molecule has 102 valence electrons. The van der Waals surface area contributed by atoms with Crippen LogP contribution < -0.4 is 14.2 Å². The number of carboxylic acid groups (broad SMARTS) is 1. The quantitative estimate of drug-likeness (QED) is 0.888. The highest BCUT2D eigenvalue weighted by atomic mass is 16.5. The molecule has 0 fully saturated rings. The molecule has 1 atom stereocenters. The second kappa shape index (κ2) is 4.79. The first-order valence-corrected chi connectivity index (χ1v) is 5.64. The number of rotatable bonds is 4. The standard InChI is InChI=1S/C13H14O6/c1-17-9-5-6-7(13(15)16)4-8(14)10(6)12(19-3)11(9)18-2/h5,7H,4H2,1-3H3,(H,15,16). The van der Waals surface area contributed by atoms with E-state index < -0.39 is 11.9 Å². The first kappa shape index (κ1) is 13.2. The molecule has 6 heteroatoms. The molecule has 1 aliphatic rings. The van der Waals surface area contributed by atoms with E-state index in [2.05, 4.69) is 0 Å². The van der Waals surface area contributed by atoms with Gasteiger partial charge in [-0.1, -0.05) is 0 Å². The second-order valence-electron chi connectivity index (χ2n) is 4.13. The number of carbonyl (C=O) groups excluding carboxylic acids is 1. The SMILES string of the molecule is COc1cc2c(c(OC)c1OC)C(=O)CC2C(=O)O. The number of fused-ring (bicyclic) bond motifs is 1. The minimum absolute atomic E-state index is 0.0721. The number of methoxy groups -OCH3 is 3. The Bertz CT molecular complexity index is 549. The molecular weight excluding hydrogens is 252 g/mol. The fraction of sp³-hybridized carbons (Fsp3) is 0.385. The van der Waals surface area contributed by atoms with Gasteiger partial charge in [0, 0.05) is 6.42 Å². The summed E-state index contributed by atoms with van der Waals surface area (Å²) in [7, 11) is 4.27. The van der Waals surface area contributed by atoms with E-state index in [1.807, 2.05) is 0 Å². The van der Waals surface area contributed by atoms with E-state index in [1.54, 1.807) is 0 Å². The highest BCUT2D eigenvalue weighted by Gasteiger charge is 2.39. The largest absolute Gasteiger partial charge is 0.493 e. The van der Waals surface area contributed by atoms with Gasteiger partial charge in [-0.15, -0.1) is 0 Å². The molecule has 1 N–H and O–H groups in total. The smallest absolute Gasteiger partial charge is 0.311 e. The minimum atomic E-state index is -1.04. The summed E-state index contributed by atoms with van der Waals surface area (Å²) in [6, 6.07) is 1.53. The molecule has 0 aromatic heterocycles. The van der Waals surface area contributed by atoms with Gasteiger partial charge in [-0.3, -0.25) is 9.59 Å². The highest BCUT2D eigenvalue weighted by Crippen LogP contribution is 2.48. The van der Waals surface area contributed by atoms with E-state index in [1.165, 1.54) is 27.4 Å². The van der Waals surface area contributed by atoms with Gasteiger partial charge in [-0.05, 0) is 11.6 Å². The fourth-order valence-corrected chi connectivity index (χ4v) is 2.36. The fourth-order valence-electron chi connectivity index (χ4n) is 2.36. The van der Waals surface area contributed by atoms with Gasteiger partial charge < -0.3 is 19.3 Å². The maximum Gasteiger partial charge on any atom is 0.311 e. The molecule has 0 radical (unpaired) electrons. The molecule has 0 bridgehead atoms. The summed E-state index contributed by atoms with van der Waals surface area (Å²) in [5.41, 5.74) is 0.680. The molecule has 0 amide bonds. The van der Waals surface area contributed by atoms with E-state index in [9.17, 15) is 9.59 Å². The zero-order valence-electron chi connectivity index (χ0n) is 10.9. The van der Waals surface area contributed by atoms with Crippen molar-refractivity contribution in [2.45, 2.75) is 12.3 Å². The van der Waals surface area contributed by atoms with E-state index in [4.69, 9.17) is 19.3 Å². The van der Waals surface area contributed by atoms with Crippen LogP contribution in [0.1, 0.15) is 28.3 Å². The lowest BCUT2D eigenvalue weighted by atomic mass is 10.0. The number of hydrogen-bond donors (Lipinski definition) is 1. The number of carbonyl (C=O) groups is 2. The Morgan fingerprint density at radius 1 is 1.21 bits per heavy atom. The summed E-state index contributed by atoms with van der Waals surface area (Å²) >= 11 is 0. The van der Waals surface area contributed by atoms with Crippen LogP contribution in [0.5, 0.6) is 17.2 Å². The molecule has 0 aliphatic heterocycles. The first-order valence-electron chi connectivity index (χ1n) is 5.64. The van der Waals surface area contributed by atoms with Crippen molar-refractivity contribution < 1.29 is 28.9 Å². The van der Waals surface area contributed by atoms with Crippen LogP contribution in [0.2, 0.25) is 0 Å². The summed E-state index contributed by atoms with van der Waals surface area (Å²) in [6.07, 6.45) is -0.0721. The van der Waals surface area contributed by atoms with E-state index in [0.717, 1.165) is 0 Å². The monoisotopic (exact) mass is 266 g/mol. The van der Waals surface area contributed by atoms with Crippen molar-refractivity contribution in [3.8, 4) is 17.2 Å². The van der Waals surface area contributed by atoms with Crippen LogP contribution >= 0.6 is 0 Å². The van der Waals surface area contributed by atoms with Gasteiger partial charge in [-0.25, -0.2) is 0 Å². The third-order valence-corrected chi connectivity index (χ3v) is 3.20. The lowest BCUT2D eigenvalue weighted by Gasteiger charge is -2.16. The Morgan fingerprint density at radius 2 is 1.84 bits per heavy atom. The Balaban J connectivity index is 2.74. The van der Waals surface area contributed by atoms with Crippen molar-refractivity contribution in [1.82, 2.24) is 0 Å². The molecule has 1 unspecified atom stereocenters. The zero-order chi connectivity index (χ0) is 14.2. The van der Waals surface area contributed by atoms with Gasteiger partial charge in [-0.2, -0.15) is 0 Å². The molecular formula is C13H14O6. The number of Topliss-reactive ketones (excluding diaryl/α,β-unsaturated/α-hetero) is 1. The van der Waals surface area contributed by atoms with Crippen molar-refractivity contribution in [2.24, 2.45) is 0 Å². The zero-order valence-corrected chi connectivity index (χ0v) is 10.9. The van der Waals surface area contributed by atoms with Gasteiger partial charge >= 0.3 is 5.97 Å². The van der Waals surface area contributed by atoms with E-state index in [-0.39, 0.29) is 23.5 Å². The number of benzene rings is 1. The first-order chi connectivity index (χ1) is 9.04. The van der Waals surface area contributed by atoms with Crippen molar-refractivity contribution >= 4 is 11.8 Å². The lowest BCUT2D eigenvalue weighted by Crippen LogP contribution is -2.08. The normalized spacial score (nSPS) is 17.0. The van der Waals surface area contributed by atoms with Crippen molar-refractivity contribution in [1.29, 1.82) is 0 Å². The van der Waals surface area contributed by atoms with Gasteiger partial charge in [0.2, 0.25) is 5.75 Å². The Morgan fingerprint density at radius 3 is 2.32 bits per heavy atom. The Hall–Kier alpha value is -2.24. The molecule has 0 spiro atoms.